The molecular formula is C15H12N2OS. The number of carbonyl (C=O) groups is 1. The van der Waals surface area contributed by atoms with E-state index in [1.807, 2.05) is 47.1 Å². The molecule has 0 saturated carbocycles. The average molecular weight is 268 g/mol. The molecule has 94 valence electrons. The Morgan fingerprint density at radius 1 is 1.21 bits per heavy atom. The summed E-state index contributed by atoms with van der Waals surface area (Å²) < 4.78 is 0. The van der Waals surface area contributed by atoms with Crippen LogP contribution in [0.1, 0.15) is 21.5 Å². The van der Waals surface area contributed by atoms with Crippen molar-refractivity contribution < 1.29 is 4.79 Å². The highest BCUT2D eigenvalue weighted by atomic mass is 32.2. The van der Waals surface area contributed by atoms with Gasteiger partial charge in [-0.05, 0) is 11.6 Å². The second kappa shape index (κ2) is 3.84. The van der Waals surface area contributed by atoms with Crippen LogP contribution in [0.2, 0.25) is 0 Å². The molecule has 1 unspecified atom stereocenters. The van der Waals surface area contributed by atoms with Crippen LogP contribution in [0.3, 0.4) is 0 Å². The van der Waals surface area contributed by atoms with Crippen LogP contribution >= 0.6 is 11.8 Å². The molecule has 1 atom stereocenters. The first-order valence-electron chi connectivity index (χ1n) is 6.30. The van der Waals surface area contributed by atoms with Crippen molar-refractivity contribution in [3.05, 3.63) is 65.5 Å². The Morgan fingerprint density at radius 3 is 2.89 bits per heavy atom. The third-order valence-corrected chi connectivity index (χ3v) is 5.31. The van der Waals surface area contributed by atoms with Gasteiger partial charge in [-0.15, -0.1) is 11.8 Å². The van der Waals surface area contributed by atoms with E-state index < -0.39 is 0 Å². The van der Waals surface area contributed by atoms with E-state index in [9.17, 15) is 4.79 Å². The SMILES string of the molecule is O=C1c2ccncc2C2(c3ccccc3)SCCN12. The van der Waals surface area contributed by atoms with E-state index in [1.165, 1.54) is 0 Å². The number of fused-ring (bicyclic) bond motifs is 3. The van der Waals surface area contributed by atoms with Gasteiger partial charge in [-0.2, -0.15) is 0 Å². The van der Waals surface area contributed by atoms with Crippen LogP contribution in [0.5, 0.6) is 0 Å². The molecule has 2 aliphatic rings. The summed E-state index contributed by atoms with van der Waals surface area (Å²) in [5.74, 6) is 1.10. The molecule has 0 bridgehead atoms. The van der Waals surface area contributed by atoms with Crippen LogP contribution in [0.15, 0.2) is 48.8 Å². The Hall–Kier alpha value is -1.81. The number of hydrogen-bond donors (Lipinski definition) is 0. The van der Waals surface area contributed by atoms with Crippen molar-refractivity contribution >= 4 is 17.7 Å². The lowest BCUT2D eigenvalue weighted by atomic mass is 9.99. The van der Waals surface area contributed by atoms with Crippen LogP contribution in [-0.4, -0.2) is 28.1 Å². The van der Waals surface area contributed by atoms with Gasteiger partial charge in [0.2, 0.25) is 0 Å². The zero-order chi connectivity index (χ0) is 12.9. The molecule has 3 nitrogen and oxygen atoms in total. The van der Waals surface area contributed by atoms with E-state index in [2.05, 4.69) is 17.1 Å². The predicted molar refractivity (Wildman–Crippen MR) is 75.0 cm³/mol. The lowest BCUT2D eigenvalue weighted by Crippen LogP contribution is -2.37. The highest BCUT2D eigenvalue weighted by Crippen LogP contribution is 2.54. The molecule has 4 rings (SSSR count). The minimum Gasteiger partial charge on any atom is -0.315 e. The molecule has 1 saturated heterocycles. The summed E-state index contributed by atoms with van der Waals surface area (Å²) in [5, 5.41) is 0. The summed E-state index contributed by atoms with van der Waals surface area (Å²) >= 11 is 1.83. The molecule has 1 aromatic heterocycles. The second-order valence-corrected chi connectivity index (χ2v) is 6.02. The molecule has 4 heteroatoms. The largest absolute Gasteiger partial charge is 0.315 e. The summed E-state index contributed by atoms with van der Waals surface area (Å²) in [6.07, 6.45) is 3.54. The van der Waals surface area contributed by atoms with Gasteiger partial charge in [0.1, 0.15) is 4.87 Å². The molecular weight excluding hydrogens is 256 g/mol. The topological polar surface area (TPSA) is 33.2 Å². The van der Waals surface area contributed by atoms with Crippen molar-refractivity contribution in [1.29, 1.82) is 0 Å². The number of carbonyl (C=O) groups excluding carboxylic acids is 1. The number of rotatable bonds is 1. The third kappa shape index (κ3) is 1.29. The highest BCUT2D eigenvalue weighted by molar-refractivity contribution is 8.00. The Morgan fingerprint density at radius 2 is 2.05 bits per heavy atom. The summed E-state index contributed by atoms with van der Waals surface area (Å²) in [5.41, 5.74) is 3.00. The van der Waals surface area contributed by atoms with Crippen LogP contribution < -0.4 is 0 Å². The standard InChI is InChI=1S/C15H12N2OS/c18-14-12-6-7-16-10-13(12)15(17(14)8-9-19-15)11-4-2-1-3-5-11/h1-7,10H,8-9H2. The van der Waals surface area contributed by atoms with Crippen molar-refractivity contribution in [2.45, 2.75) is 4.87 Å². The van der Waals surface area contributed by atoms with Gasteiger partial charge in [-0.25, -0.2) is 0 Å². The molecule has 3 heterocycles. The zero-order valence-corrected chi connectivity index (χ0v) is 11.1. The van der Waals surface area contributed by atoms with Crippen LogP contribution in [0.4, 0.5) is 0 Å². The number of aromatic nitrogens is 1. The van der Waals surface area contributed by atoms with Crippen LogP contribution in [0, 0.1) is 0 Å². The first kappa shape index (κ1) is 11.1. The number of pyridine rings is 1. The maximum Gasteiger partial charge on any atom is 0.256 e. The molecule has 1 amide bonds. The molecule has 2 aliphatic heterocycles. The molecule has 19 heavy (non-hydrogen) atoms. The lowest BCUT2D eigenvalue weighted by molar-refractivity contribution is 0.0752. The number of benzene rings is 1. The van der Waals surface area contributed by atoms with Crippen LogP contribution in [-0.2, 0) is 4.87 Å². The van der Waals surface area contributed by atoms with Crippen molar-refractivity contribution in [1.82, 2.24) is 9.88 Å². The van der Waals surface area contributed by atoms with Gasteiger partial charge in [-0.1, -0.05) is 30.3 Å². The zero-order valence-electron chi connectivity index (χ0n) is 10.2. The van der Waals surface area contributed by atoms with Gasteiger partial charge < -0.3 is 4.90 Å². The summed E-state index contributed by atoms with van der Waals surface area (Å²) in [6.45, 7) is 0.799. The molecule has 0 spiro atoms. The van der Waals surface area contributed by atoms with E-state index in [4.69, 9.17) is 0 Å². The second-order valence-electron chi connectivity index (χ2n) is 4.74. The van der Waals surface area contributed by atoms with Crippen molar-refractivity contribution in [3.63, 3.8) is 0 Å². The molecule has 1 aromatic carbocycles. The van der Waals surface area contributed by atoms with E-state index in [1.54, 1.807) is 6.20 Å². The van der Waals surface area contributed by atoms with Crippen LogP contribution in [0.25, 0.3) is 0 Å². The van der Waals surface area contributed by atoms with Gasteiger partial charge >= 0.3 is 0 Å². The Kier molecular flexibility index (Phi) is 2.23. The molecule has 1 fully saturated rings. The quantitative estimate of drug-likeness (QED) is 0.796. The maximum absolute atomic E-state index is 12.5. The minimum atomic E-state index is -0.359. The lowest BCUT2D eigenvalue weighted by Gasteiger charge is -2.32. The van der Waals surface area contributed by atoms with Crippen molar-refractivity contribution in [3.8, 4) is 0 Å². The smallest absolute Gasteiger partial charge is 0.256 e. The molecule has 0 aliphatic carbocycles. The van der Waals surface area contributed by atoms with E-state index in [0.717, 1.165) is 29.0 Å². The third-order valence-electron chi connectivity index (χ3n) is 3.83. The Bertz CT molecular complexity index is 658. The van der Waals surface area contributed by atoms with Crippen molar-refractivity contribution in [2.24, 2.45) is 0 Å². The fourth-order valence-electron chi connectivity index (χ4n) is 3.04. The Labute approximate surface area is 115 Å². The van der Waals surface area contributed by atoms with Gasteiger partial charge in [0.15, 0.2) is 0 Å². The maximum atomic E-state index is 12.5. The van der Waals surface area contributed by atoms with Gasteiger partial charge in [-0.3, -0.25) is 9.78 Å². The van der Waals surface area contributed by atoms with Gasteiger partial charge in [0, 0.05) is 35.8 Å². The monoisotopic (exact) mass is 268 g/mol. The van der Waals surface area contributed by atoms with E-state index in [0.29, 0.717) is 0 Å². The normalized spacial score (nSPS) is 24.4. The summed E-state index contributed by atoms with van der Waals surface area (Å²) in [4.78, 5) is 18.4. The highest BCUT2D eigenvalue weighted by Gasteiger charge is 2.54. The number of nitrogens with zero attached hydrogens (tertiary/aromatic N) is 2. The van der Waals surface area contributed by atoms with E-state index in [-0.39, 0.29) is 10.8 Å². The number of thioether (sulfide) groups is 1. The van der Waals surface area contributed by atoms with Gasteiger partial charge in [0.25, 0.3) is 5.91 Å². The summed E-state index contributed by atoms with van der Waals surface area (Å²) in [7, 11) is 0. The molecule has 2 aromatic rings. The fraction of sp³-hybridized carbons (Fsp3) is 0.200. The first-order valence-corrected chi connectivity index (χ1v) is 7.28. The fourth-order valence-corrected chi connectivity index (χ4v) is 4.56. The Balaban J connectivity index is 2.02. The number of amides is 1. The minimum absolute atomic E-state index is 0.131. The molecule has 0 radical (unpaired) electrons. The predicted octanol–water partition coefficient (Wildman–Crippen LogP) is 2.49. The average Bonchev–Trinajstić information content (AvgIpc) is 3.01. The summed E-state index contributed by atoms with van der Waals surface area (Å²) in [6, 6.07) is 12.1. The first-order chi connectivity index (χ1) is 9.34. The van der Waals surface area contributed by atoms with Crippen molar-refractivity contribution in [2.75, 3.05) is 12.3 Å². The van der Waals surface area contributed by atoms with Gasteiger partial charge in [0.05, 0.1) is 0 Å². The number of hydrogen-bond acceptors (Lipinski definition) is 3. The molecule has 0 N–H and O–H groups in total. The van der Waals surface area contributed by atoms with E-state index >= 15 is 0 Å².